The van der Waals surface area contributed by atoms with E-state index in [1.54, 1.807) is 0 Å². The van der Waals surface area contributed by atoms with Crippen molar-refractivity contribution in [3.63, 3.8) is 0 Å². The molecule has 1 rings (SSSR count). The van der Waals surface area contributed by atoms with Gasteiger partial charge in [0.05, 0.1) is 11.0 Å². The minimum absolute atomic E-state index is 0.227. The summed E-state index contributed by atoms with van der Waals surface area (Å²) in [6, 6.07) is 0.227. The van der Waals surface area contributed by atoms with E-state index in [1.165, 1.54) is 0 Å². The molecule has 0 spiro atoms. The second-order valence-corrected chi connectivity index (χ2v) is 2.54. The van der Waals surface area contributed by atoms with Gasteiger partial charge in [0.25, 0.3) is 0 Å². The summed E-state index contributed by atoms with van der Waals surface area (Å²) in [5.41, 5.74) is 5.40. The van der Waals surface area contributed by atoms with Crippen molar-refractivity contribution in [2.75, 3.05) is 6.54 Å². The summed E-state index contributed by atoms with van der Waals surface area (Å²) in [4.78, 5) is 0.569. The summed E-state index contributed by atoms with van der Waals surface area (Å²) in [7, 11) is 0. The highest BCUT2D eigenvalue weighted by molar-refractivity contribution is 7.80. The highest BCUT2D eigenvalue weighted by Crippen LogP contribution is 1.98. The van der Waals surface area contributed by atoms with Gasteiger partial charge in [-0.2, -0.15) is 0 Å². The molecular weight excluding hydrogens is 132 g/mol. The molecule has 0 aliphatic carbocycles. The molecule has 0 amide bonds. The van der Waals surface area contributed by atoms with E-state index in [9.17, 15) is 0 Å². The van der Waals surface area contributed by atoms with E-state index in [4.69, 9.17) is 18.0 Å². The third kappa shape index (κ3) is 1.77. The van der Waals surface area contributed by atoms with Crippen molar-refractivity contribution in [2.45, 2.75) is 12.5 Å². The van der Waals surface area contributed by atoms with Crippen molar-refractivity contribution >= 4 is 17.2 Å². The van der Waals surface area contributed by atoms with Crippen molar-refractivity contribution < 1.29 is 0 Å². The van der Waals surface area contributed by atoms with E-state index in [0.717, 1.165) is 13.0 Å². The molecule has 0 saturated heterocycles. The first-order valence-electron chi connectivity index (χ1n) is 2.98. The Morgan fingerprint density at radius 3 is 2.78 bits per heavy atom. The predicted molar refractivity (Wildman–Crippen MR) is 42.3 cm³/mol. The van der Waals surface area contributed by atoms with Crippen molar-refractivity contribution in [3.05, 3.63) is 12.2 Å². The zero-order valence-corrected chi connectivity index (χ0v) is 5.95. The lowest BCUT2D eigenvalue weighted by Gasteiger charge is -2.17. The molecule has 1 heterocycles. The Hall–Kier alpha value is -0.410. The van der Waals surface area contributed by atoms with Gasteiger partial charge in [-0.3, -0.25) is 0 Å². The first kappa shape index (κ1) is 6.71. The van der Waals surface area contributed by atoms with E-state index in [2.05, 4.69) is 17.5 Å². The molecule has 3 N–H and O–H groups in total. The normalized spacial score (nSPS) is 26.0. The summed E-state index contributed by atoms with van der Waals surface area (Å²) in [5, 5.41) is 3.17. The lowest BCUT2D eigenvalue weighted by Crippen LogP contribution is -2.41. The fraction of sp³-hybridized carbons (Fsp3) is 0.500. The molecule has 0 saturated carbocycles. The standard InChI is InChI=1S/C6H10N2S/c7-6(9)5-3-1-2-4-8-5/h1-2,5,8H,3-4H2,(H2,7,9). The third-order valence-electron chi connectivity index (χ3n) is 1.36. The number of nitrogens with one attached hydrogen (secondary N) is 1. The van der Waals surface area contributed by atoms with Crippen molar-refractivity contribution in [1.29, 1.82) is 0 Å². The van der Waals surface area contributed by atoms with E-state index in [1.807, 2.05) is 0 Å². The smallest absolute Gasteiger partial charge is 0.0903 e. The van der Waals surface area contributed by atoms with Gasteiger partial charge in [0.15, 0.2) is 0 Å². The maximum Gasteiger partial charge on any atom is 0.0903 e. The average molecular weight is 142 g/mol. The van der Waals surface area contributed by atoms with Crippen molar-refractivity contribution in [1.82, 2.24) is 5.32 Å². The van der Waals surface area contributed by atoms with Gasteiger partial charge in [-0.1, -0.05) is 24.4 Å². The van der Waals surface area contributed by atoms with Gasteiger partial charge in [-0.25, -0.2) is 0 Å². The van der Waals surface area contributed by atoms with Crippen LogP contribution in [0, 0.1) is 0 Å². The molecule has 1 atom stereocenters. The van der Waals surface area contributed by atoms with Gasteiger partial charge < -0.3 is 11.1 Å². The molecular formula is C6H10N2S. The van der Waals surface area contributed by atoms with Gasteiger partial charge >= 0.3 is 0 Å². The molecule has 0 aromatic heterocycles. The van der Waals surface area contributed by atoms with Crippen LogP contribution in [0.5, 0.6) is 0 Å². The van der Waals surface area contributed by atoms with E-state index >= 15 is 0 Å². The van der Waals surface area contributed by atoms with E-state index < -0.39 is 0 Å². The number of thiocarbonyl (C=S) groups is 1. The Bertz CT molecular complexity index is 142. The van der Waals surface area contributed by atoms with Crippen LogP contribution >= 0.6 is 12.2 Å². The van der Waals surface area contributed by atoms with Crippen LogP contribution in [0.25, 0.3) is 0 Å². The Morgan fingerprint density at radius 1 is 1.67 bits per heavy atom. The number of hydrogen-bond acceptors (Lipinski definition) is 2. The Balaban J connectivity index is 2.44. The number of hydrogen-bond donors (Lipinski definition) is 2. The van der Waals surface area contributed by atoms with Crippen LogP contribution in [0.1, 0.15) is 6.42 Å². The quantitative estimate of drug-likeness (QED) is 0.405. The van der Waals surface area contributed by atoms with Crippen molar-refractivity contribution in [3.8, 4) is 0 Å². The second-order valence-electron chi connectivity index (χ2n) is 2.07. The highest BCUT2D eigenvalue weighted by Gasteiger charge is 2.09. The van der Waals surface area contributed by atoms with Gasteiger partial charge in [0, 0.05) is 6.54 Å². The Kier molecular flexibility index (Phi) is 2.19. The number of rotatable bonds is 1. The topological polar surface area (TPSA) is 38.0 Å². The Labute approximate surface area is 60.1 Å². The molecule has 50 valence electrons. The van der Waals surface area contributed by atoms with Crippen LogP contribution < -0.4 is 11.1 Å². The molecule has 1 aliphatic rings. The molecule has 9 heavy (non-hydrogen) atoms. The molecule has 1 aliphatic heterocycles. The number of nitrogens with two attached hydrogens (primary N) is 1. The van der Waals surface area contributed by atoms with E-state index in [0.29, 0.717) is 4.99 Å². The van der Waals surface area contributed by atoms with E-state index in [-0.39, 0.29) is 6.04 Å². The fourth-order valence-corrected chi connectivity index (χ4v) is 1.01. The summed E-state index contributed by atoms with van der Waals surface area (Å²) in [6.07, 6.45) is 5.12. The molecule has 0 radical (unpaired) electrons. The largest absolute Gasteiger partial charge is 0.392 e. The molecule has 2 nitrogen and oxygen atoms in total. The van der Waals surface area contributed by atoms with Crippen molar-refractivity contribution in [2.24, 2.45) is 5.73 Å². The molecule has 0 bridgehead atoms. The predicted octanol–water partition coefficient (Wildman–Crippen LogP) is 0.191. The highest BCUT2D eigenvalue weighted by atomic mass is 32.1. The molecule has 0 aromatic carbocycles. The second kappa shape index (κ2) is 2.94. The minimum atomic E-state index is 0.227. The van der Waals surface area contributed by atoms with Gasteiger partial charge in [-0.15, -0.1) is 0 Å². The summed E-state index contributed by atoms with van der Waals surface area (Å²) in [5.74, 6) is 0. The lowest BCUT2D eigenvalue weighted by atomic mass is 10.1. The SMILES string of the molecule is NC(=S)C1CC=CCN1. The summed E-state index contributed by atoms with van der Waals surface area (Å²) < 4.78 is 0. The van der Waals surface area contributed by atoms with Crippen LogP contribution in [-0.2, 0) is 0 Å². The van der Waals surface area contributed by atoms with Crippen LogP contribution in [0.4, 0.5) is 0 Å². The average Bonchev–Trinajstić information content (AvgIpc) is 1.90. The maximum atomic E-state index is 5.40. The van der Waals surface area contributed by atoms with Crippen LogP contribution in [-0.4, -0.2) is 17.6 Å². The van der Waals surface area contributed by atoms with Crippen LogP contribution in [0.2, 0.25) is 0 Å². The van der Waals surface area contributed by atoms with Gasteiger partial charge in [0.1, 0.15) is 0 Å². The zero-order chi connectivity index (χ0) is 6.69. The van der Waals surface area contributed by atoms with Gasteiger partial charge in [0.2, 0.25) is 0 Å². The summed E-state index contributed by atoms with van der Waals surface area (Å²) in [6.45, 7) is 0.891. The minimum Gasteiger partial charge on any atom is -0.392 e. The molecule has 1 unspecified atom stereocenters. The monoisotopic (exact) mass is 142 g/mol. The Morgan fingerprint density at radius 2 is 2.44 bits per heavy atom. The fourth-order valence-electron chi connectivity index (χ4n) is 0.826. The van der Waals surface area contributed by atoms with Crippen LogP contribution in [0.15, 0.2) is 12.2 Å². The summed E-state index contributed by atoms with van der Waals surface area (Å²) >= 11 is 4.80. The van der Waals surface area contributed by atoms with Crippen LogP contribution in [0.3, 0.4) is 0 Å². The lowest BCUT2D eigenvalue weighted by molar-refractivity contribution is 0.649. The first-order chi connectivity index (χ1) is 4.30. The zero-order valence-electron chi connectivity index (χ0n) is 5.13. The van der Waals surface area contributed by atoms with Gasteiger partial charge in [-0.05, 0) is 6.42 Å². The maximum absolute atomic E-state index is 5.40. The first-order valence-corrected chi connectivity index (χ1v) is 3.39. The third-order valence-corrected chi connectivity index (χ3v) is 1.65. The molecule has 0 aromatic rings. The molecule has 0 fully saturated rings. The molecule has 3 heteroatoms.